The van der Waals surface area contributed by atoms with Crippen LogP contribution in [0.15, 0.2) is 10.9 Å². The standard InChI is InChI=1S/C18H29N3O/c1-3-6-16-15(17(22)11-14(2)20-16)12-21-10-9-19-13-18(21)7-4-5-8-18/h11,19H,3-10,12-13H2,1-2H3,(H,20,22). The van der Waals surface area contributed by atoms with Crippen LogP contribution in [0.3, 0.4) is 0 Å². The highest BCUT2D eigenvalue weighted by Crippen LogP contribution is 2.36. The van der Waals surface area contributed by atoms with E-state index < -0.39 is 0 Å². The van der Waals surface area contributed by atoms with E-state index in [1.165, 1.54) is 25.7 Å². The van der Waals surface area contributed by atoms with Crippen LogP contribution in [-0.4, -0.2) is 35.1 Å². The van der Waals surface area contributed by atoms with Crippen molar-refractivity contribution in [3.8, 4) is 0 Å². The van der Waals surface area contributed by atoms with Crippen LogP contribution >= 0.6 is 0 Å². The Hall–Kier alpha value is -1.13. The van der Waals surface area contributed by atoms with Gasteiger partial charge in [-0.3, -0.25) is 9.69 Å². The molecule has 4 nitrogen and oxygen atoms in total. The van der Waals surface area contributed by atoms with Crippen LogP contribution in [0.5, 0.6) is 0 Å². The van der Waals surface area contributed by atoms with E-state index in [0.29, 0.717) is 5.54 Å². The van der Waals surface area contributed by atoms with E-state index in [9.17, 15) is 4.79 Å². The molecule has 2 heterocycles. The number of aryl methyl sites for hydroxylation is 2. The van der Waals surface area contributed by atoms with Crippen LogP contribution in [0.2, 0.25) is 0 Å². The van der Waals surface area contributed by atoms with Gasteiger partial charge < -0.3 is 10.3 Å². The van der Waals surface area contributed by atoms with Crippen molar-refractivity contribution in [2.45, 2.75) is 64.5 Å². The van der Waals surface area contributed by atoms with Crippen molar-refractivity contribution >= 4 is 0 Å². The number of aromatic amines is 1. The molecular weight excluding hydrogens is 274 g/mol. The summed E-state index contributed by atoms with van der Waals surface area (Å²) >= 11 is 0. The topological polar surface area (TPSA) is 48.1 Å². The lowest BCUT2D eigenvalue weighted by molar-refractivity contribution is 0.0566. The third kappa shape index (κ3) is 2.99. The Morgan fingerprint density at radius 3 is 2.82 bits per heavy atom. The highest BCUT2D eigenvalue weighted by molar-refractivity contribution is 5.24. The molecule has 1 aromatic rings. The summed E-state index contributed by atoms with van der Waals surface area (Å²) in [5, 5.41) is 3.57. The summed E-state index contributed by atoms with van der Waals surface area (Å²) < 4.78 is 0. The smallest absolute Gasteiger partial charge is 0.186 e. The van der Waals surface area contributed by atoms with Gasteiger partial charge in [0.25, 0.3) is 0 Å². The molecule has 1 aliphatic heterocycles. The largest absolute Gasteiger partial charge is 0.362 e. The first kappa shape index (κ1) is 15.8. The van der Waals surface area contributed by atoms with E-state index in [-0.39, 0.29) is 5.43 Å². The van der Waals surface area contributed by atoms with E-state index >= 15 is 0 Å². The number of nitrogens with one attached hydrogen (secondary N) is 2. The first-order valence-electron chi connectivity index (χ1n) is 8.82. The number of H-pyrrole nitrogens is 1. The van der Waals surface area contributed by atoms with Crippen molar-refractivity contribution < 1.29 is 0 Å². The van der Waals surface area contributed by atoms with Gasteiger partial charge in [-0.1, -0.05) is 26.2 Å². The average molecular weight is 303 g/mol. The molecule has 1 saturated carbocycles. The molecule has 2 fully saturated rings. The van der Waals surface area contributed by atoms with Gasteiger partial charge in [-0.25, -0.2) is 0 Å². The molecule has 0 bridgehead atoms. The number of nitrogens with zero attached hydrogens (tertiary/aromatic N) is 1. The lowest BCUT2D eigenvalue weighted by Gasteiger charge is -2.45. The summed E-state index contributed by atoms with van der Waals surface area (Å²) in [5.41, 5.74) is 3.64. The first-order chi connectivity index (χ1) is 10.6. The molecule has 0 radical (unpaired) electrons. The highest BCUT2D eigenvalue weighted by atomic mass is 16.1. The van der Waals surface area contributed by atoms with Gasteiger partial charge >= 0.3 is 0 Å². The predicted molar refractivity (Wildman–Crippen MR) is 90.3 cm³/mol. The van der Waals surface area contributed by atoms with Crippen molar-refractivity contribution in [1.82, 2.24) is 15.2 Å². The van der Waals surface area contributed by atoms with E-state index in [2.05, 4.69) is 22.1 Å². The van der Waals surface area contributed by atoms with Crippen LogP contribution in [0.1, 0.15) is 56.0 Å². The fourth-order valence-electron chi connectivity index (χ4n) is 4.27. The first-order valence-corrected chi connectivity index (χ1v) is 8.82. The fraction of sp³-hybridized carbons (Fsp3) is 0.722. The summed E-state index contributed by atoms with van der Waals surface area (Å²) in [4.78, 5) is 18.6. The molecule has 1 aliphatic carbocycles. The van der Waals surface area contributed by atoms with Gasteiger partial charge in [0.15, 0.2) is 5.43 Å². The molecule has 2 N–H and O–H groups in total. The third-order valence-corrected chi connectivity index (χ3v) is 5.42. The highest BCUT2D eigenvalue weighted by Gasteiger charge is 2.41. The Labute approximate surface area is 133 Å². The molecular formula is C18H29N3O. The van der Waals surface area contributed by atoms with E-state index in [1.54, 1.807) is 6.07 Å². The van der Waals surface area contributed by atoms with Crippen molar-refractivity contribution in [1.29, 1.82) is 0 Å². The van der Waals surface area contributed by atoms with E-state index in [0.717, 1.165) is 56.0 Å². The Morgan fingerprint density at radius 2 is 2.09 bits per heavy atom. The van der Waals surface area contributed by atoms with Gasteiger partial charge in [0, 0.05) is 54.7 Å². The Balaban J connectivity index is 1.89. The van der Waals surface area contributed by atoms with E-state index in [1.807, 2.05) is 6.92 Å². The zero-order valence-corrected chi connectivity index (χ0v) is 14.0. The minimum absolute atomic E-state index is 0.214. The van der Waals surface area contributed by atoms with Crippen LogP contribution in [-0.2, 0) is 13.0 Å². The zero-order chi connectivity index (χ0) is 15.6. The second kappa shape index (κ2) is 6.55. The van der Waals surface area contributed by atoms with Crippen molar-refractivity contribution in [3.63, 3.8) is 0 Å². The summed E-state index contributed by atoms with van der Waals surface area (Å²) in [5.74, 6) is 0. The minimum atomic E-state index is 0.214. The van der Waals surface area contributed by atoms with Crippen molar-refractivity contribution in [2.24, 2.45) is 0 Å². The summed E-state index contributed by atoms with van der Waals surface area (Å²) in [6.07, 6.45) is 7.22. The molecule has 0 amide bonds. The minimum Gasteiger partial charge on any atom is -0.362 e. The molecule has 0 atom stereocenters. The zero-order valence-electron chi connectivity index (χ0n) is 14.0. The van der Waals surface area contributed by atoms with Gasteiger partial charge in [0.1, 0.15) is 0 Å². The van der Waals surface area contributed by atoms with Crippen LogP contribution in [0, 0.1) is 6.92 Å². The maximum atomic E-state index is 12.6. The molecule has 22 heavy (non-hydrogen) atoms. The summed E-state index contributed by atoms with van der Waals surface area (Å²) in [7, 11) is 0. The maximum Gasteiger partial charge on any atom is 0.186 e. The monoisotopic (exact) mass is 303 g/mol. The van der Waals surface area contributed by atoms with Crippen molar-refractivity contribution in [3.05, 3.63) is 33.2 Å². The fourth-order valence-corrected chi connectivity index (χ4v) is 4.27. The van der Waals surface area contributed by atoms with Gasteiger partial charge in [-0.05, 0) is 26.2 Å². The molecule has 4 heteroatoms. The Kier molecular flexibility index (Phi) is 4.69. The SMILES string of the molecule is CCCc1[nH]c(C)cc(=O)c1CN1CCNCC12CCCC2. The lowest BCUT2D eigenvalue weighted by atomic mass is 9.91. The molecule has 3 rings (SSSR count). The number of rotatable bonds is 4. The molecule has 1 spiro atoms. The second-order valence-electron chi connectivity index (χ2n) is 7.05. The summed E-state index contributed by atoms with van der Waals surface area (Å²) in [6, 6.07) is 1.76. The van der Waals surface area contributed by atoms with Gasteiger partial charge in [0.2, 0.25) is 0 Å². The van der Waals surface area contributed by atoms with Crippen LogP contribution in [0.4, 0.5) is 0 Å². The third-order valence-electron chi connectivity index (χ3n) is 5.42. The predicted octanol–water partition coefficient (Wildman–Crippen LogP) is 2.35. The second-order valence-corrected chi connectivity index (χ2v) is 7.05. The lowest BCUT2D eigenvalue weighted by Crippen LogP contribution is -2.59. The molecule has 2 aliphatic rings. The van der Waals surface area contributed by atoms with Gasteiger partial charge in [-0.2, -0.15) is 0 Å². The van der Waals surface area contributed by atoms with Crippen LogP contribution in [0.25, 0.3) is 0 Å². The van der Waals surface area contributed by atoms with Crippen LogP contribution < -0.4 is 10.7 Å². The number of hydrogen-bond donors (Lipinski definition) is 2. The maximum absolute atomic E-state index is 12.6. The Bertz CT molecular complexity index is 572. The molecule has 1 saturated heterocycles. The molecule has 0 unspecified atom stereocenters. The van der Waals surface area contributed by atoms with E-state index in [4.69, 9.17) is 0 Å². The molecule has 1 aromatic heterocycles. The normalized spacial score (nSPS) is 21.5. The Morgan fingerprint density at radius 1 is 1.32 bits per heavy atom. The number of pyridine rings is 1. The quantitative estimate of drug-likeness (QED) is 0.897. The molecule has 122 valence electrons. The summed E-state index contributed by atoms with van der Waals surface area (Å²) in [6.45, 7) is 8.14. The van der Waals surface area contributed by atoms with Gasteiger partial charge in [-0.15, -0.1) is 0 Å². The van der Waals surface area contributed by atoms with Gasteiger partial charge in [0.05, 0.1) is 0 Å². The molecule has 0 aromatic carbocycles. The van der Waals surface area contributed by atoms with Crippen molar-refractivity contribution in [2.75, 3.05) is 19.6 Å². The number of hydrogen-bond acceptors (Lipinski definition) is 3. The number of aromatic nitrogens is 1. The number of piperazine rings is 1. The average Bonchev–Trinajstić information content (AvgIpc) is 2.94.